The number of aromatic nitrogens is 2. The molecule has 1 saturated carbocycles. The van der Waals surface area contributed by atoms with Gasteiger partial charge in [-0.3, -0.25) is 0 Å². The summed E-state index contributed by atoms with van der Waals surface area (Å²) in [7, 11) is 0. The summed E-state index contributed by atoms with van der Waals surface area (Å²) in [5, 5.41) is -0.173. The third-order valence-electron chi connectivity index (χ3n) is 4.69. The normalized spacial score (nSPS) is 18.7. The van der Waals surface area contributed by atoms with Crippen molar-refractivity contribution < 1.29 is 4.39 Å². The molecule has 1 atom stereocenters. The molecular formula is C16H20ClFN2. The van der Waals surface area contributed by atoms with E-state index < -0.39 is 0 Å². The number of alkyl halides is 1. The van der Waals surface area contributed by atoms with Crippen LogP contribution in [0, 0.1) is 17.2 Å². The molecule has 0 radical (unpaired) electrons. The van der Waals surface area contributed by atoms with E-state index in [1.807, 2.05) is 6.92 Å². The van der Waals surface area contributed by atoms with E-state index in [9.17, 15) is 4.39 Å². The Morgan fingerprint density at radius 2 is 2.05 bits per heavy atom. The largest absolute Gasteiger partial charge is 0.326 e. The fourth-order valence-corrected chi connectivity index (χ4v) is 3.14. The Labute approximate surface area is 123 Å². The highest BCUT2D eigenvalue weighted by molar-refractivity contribution is 6.20. The van der Waals surface area contributed by atoms with Gasteiger partial charge >= 0.3 is 0 Å². The maximum atomic E-state index is 13.6. The third-order valence-corrected chi connectivity index (χ3v) is 4.88. The molecule has 1 aromatic heterocycles. The standard InChI is InChI=1S/C16H20ClFN2/c1-10(2)16(6-7-16)9-20-14-8-12(18)4-5-13(14)19-15(20)11(3)17/h4-5,8,10-11H,6-7,9H2,1-3H3. The second kappa shape index (κ2) is 4.73. The van der Waals surface area contributed by atoms with Crippen molar-refractivity contribution in [2.45, 2.75) is 45.5 Å². The van der Waals surface area contributed by atoms with Crippen molar-refractivity contribution in [1.29, 1.82) is 0 Å². The monoisotopic (exact) mass is 294 g/mol. The van der Waals surface area contributed by atoms with Crippen LogP contribution < -0.4 is 0 Å². The average molecular weight is 295 g/mol. The molecule has 20 heavy (non-hydrogen) atoms. The Morgan fingerprint density at radius 1 is 1.35 bits per heavy atom. The van der Waals surface area contributed by atoms with Gasteiger partial charge in [-0.25, -0.2) is 9.37 Å². The van der Waals surface area contributed by atoms with E-state index in [2.05, 4.69) is 23.4 Å². The topological polar surface area (TPSA) is 17.8 Å². The van der Waals surface area contributed by atoms with E-state index in [0.29, 0.717) is 11.3 Å². The number of hydrogen-bond acceptors (Lipinski definition) is 1. The molecule has 0 spiro atoms. The lowest BCUT2D eigenvalue weighted by atomic mass is 9.92. The molecule has 0 N–H and O–H groups in total. The summed E-state index contributed by atoms with van der Waals surface area (Å²) in [6.07, 6.45) is 2.46. The number of rotatable bonds is 4. The van der Waals surface area contributed by atoms with Gasteiger partial charge in [0.15, 0.2) is 0 Å². The maximum Gasteiger partial charge on any atom is 0.127 e. The minimum Gasteiger partial charge on any atom is -0.326 e. The van der Waals surface area contributed by atoms with Gasteiger partial charge < -0.3 is 4.57 Å². The zero-order chi connectivity index (χ0) is 14.5. The van der Waals surface area contributed by atoms with Gasteiger partial charge in [0.05, 0.1) is 16.4 Å². The van der Waals surface area contributed by atoms with Crippen molar-refractivity contribution in [3.63, 3.8) is 0 Å². The van der Waals surface area contributed by atoms with Gasteiger partial charge in [0, 0.05) is 6.54 Å². The lowest BCUT2D eigenvalue weighted by molar-refractivity contribution is 0.308. The van der Waals surface area contributed by atoms with Crippen molar-refractivity contribution >= 4 is 22.6 Å². The smallest absolute Gasteiger partial charge is 0.127 e. The molecule has 1 fully saturated rings. The number of benzene rings is 1. The SMILES string of the molecule is CC(Cl)c1nc2ccc(F)cc2n1CC1(C(C)C)CC1. The van der Waals surface area contributed by atoms with Crippen LogP contribution in [0.25, 0.3) is 11.0 Å². The molecule has 0 amide bonds. The molecule has 0 bridgehead atoms. The molecule has 1 aliphatic rings. The number of fused-ring (bicyclic) bond motifs is 1. The van der Waals surface area contributed by atoms with Crippen LogP contribution in [0.15, 0.2) is 18.2 Å². The summed E-state index contributed by atoms with van der Waals surface area (Å²) in [5.41, 5.74) is 2.02. The minimum atomic E-state index is -0.221. The molecule has 2 aromatic rings. The van der Waals surface area contributed by atoms with Gasteiger partial charge in [-0.2, -0.15) is 0 Å². The molecule has 1 heterocycles. The first-order valence-electron chi connectivity index (χ1n) is 7.23. The number of imidazole rings is 1. The molecule has 1 aromatic carbocycles. The van der Waals surface area contributed by atoms with Crippen molar-refractivity contribution in [3.05, 3.63) is 29.8 Å². The summed E-state index contributed by atoms with van der Waals surface area (Å²) in [6.45, 7) is 7.33. The van der Waals surface area contributed by atoms with E-state index in [1.165, 1.54) is 18.9 Å². The Balaban J connectivity index is 2.11. The molecular weight excluding hydrogens is 275 g/mol. The second-order valence-corrected chi connectivity index (χ2v) is 6.98. The minimum absolute atomic E-state index is 0.173. The Hall–Kier alpha value is -1.09. The molecule has 108 valence electrons. The van der Waals surface area contributed by atoms with Crippen LogP contribution >= 0.6 is 11.6 Å². The third kappa shape index (κ3) is 2.22. The van der Waals surface area contributed by atoms with Crippen LogP contribution in [0.1, 0.15) is 44.8 Å². The van der Waals surface area contributed by atoms with Gasteiger partial charge in [0.25, 0.3) is 0 Å². The van der Waals surface area contributed by atoms with Crippen molar-refractivity contribution in [2.24, 2.45) is 11.3 Å². The van der Waals surface area contributed by atoms with E-state index in [0.717, 1.165) is 23.4 Å². The highest BCUT2D eigenvalue weighted by Crippen LogP contribution is 2.53. The van der Waals surface area contributed by atoms with Crippen LogP contribution in [0.4, 0.5) is 4.39 Å². The summed E-state index contributed by atoms with van der Waals surface area (Å²) in [5.74, 6) is 1.24. The molecule has 1 unspecified atom stereocenters. The van der Waals surface area contributed by atoms with Gasteiger partial charge in [-0.1, -0.05) is 13.8 Å². The second-order valence-electron chi connectivity index (χ2n) is 6.32. The lowest BCUT2D eigenvalue weighted by Crippen LogP contribution is -2.19. The molecule has 2 nitrogen and oxygen atoms in total. The first-order chi connectivity index (χ1) is 9.43. The van der Waals surface area contributed by atoms with E-state index in [4.69, 9.17) is 11.6 Å². The zero-order valence-corrected chi connectivity index (χ0v) is 12.9. The van der Waals surface area contributed by atoms with Gasteiger partial charge in [0.1, 0.15) is 11.6 Å². The molecule has 0 aliphatic heterocycles. The first-order valence-corrected chi connectivity index (χ1v) is 7.66. The van der Waals surface area contributed by atoms with E-state index in [-0.39, 0.29) is 11.2 Å². The summed E-state index contributed by atoms with van der Waals surface area (Å²) >= 11 is 6.27. The van der Waals surface area contributed by atoms with Gasteiger partial charge in [-0.15, -0.1) is 11.6 Å². The highest BCUT2D eigenvalue weighted by atomic mass is 35.5. The summed E-state index contributed by atoms with van der Waals surface area (Å²) in [6, 6.07) is 4.76. The molecule has 1 aliphatic carbocycles. The summed E-state index contributed by atoms with van der Waals surface area (Å²) in [4.78, 5) is 4.59. The highest BCUT2D eigenvalue weighted by Gasteiger charge is 2.46. The average Bonchev–Trinajstić information content (AvgIpc) is 3.08. The Kier molecular flexibility index (Phi) is 3.28. The van der Waals surface area contributed by atoms with E-state index in [1.54, 1.807) is 12.1 Å². The first kappa shape index (κ1) is 13.9. The van der Waals surface area contributed by atoms with Crippen LogP contribution in [0.2, 0.25) is 0 Å². The van der Waals surface area contributed by atoms with E-state index >= 15 is 0 Å². The fraction of sp³-hybridized carbons (Fsp3) is 0.562. The maximum absolute atomic E-state index is 13.6. The number of hydrogen-bond donors (Lipinski definition) is 0. The predicted molar refractivity (Wildman–Crippen MR) is 80.5 cm³/mol. The predicted octanol–water partition coefficient (Wildman–Crippen LogP) is 4.91. The quantitative estimate of drug-likeness (QED) is 0.733. The molecule has 3 rings (SSSR count). The Bertz CT molecular complexity index is 641. The van der Waals surface area contributed by atoms with Gasteiger partial charge in [0.2, 0.25) is 0 Å². The van der Waals surface area contributed by atoms with Crippen LogP contribution in [-0.2, 0) is 6.54 Å². The fourth-order valence-electron chi connectivity index (χ4n) is 2.98. The van der Waals surface area contributed by atoms with Crippen LogP contribution in [-0.4, -0.2) is 9.55 Å². The molecule has 0 saturated heterocycles. The van der Waals surface area contributed by atoms with Gasteiger partial charge in [-0.05, 0) is 49.3 Å². The Morgan fingerprint density at radius 3 is 2.60 bits per heavy atom. The van der Waals surface area contributed by atoms with Crippen molar-refractivity contribution in [2.75, 3.05) is 0 Å². The van der Waals surface area contributed by atoms with Crippen molar-refractivity contribution in [3.8, 4) is 0 Å². The van der Waals surface area contributed by atoms with Crippen molar-refractivity contribution in [1.82, 2.24) is 9.55 Å². The lowest BCUT2D eigenvalue weighted by Gasteiger charge is -2.22. The van der Waals surface area contributed by atoms with Crippen LogP contribution in [0.5, 0.6) is 0 Å². The number of nitrogens with zero attached hydrogens (tertiary/aromatic N) is 2. The number of halogens is 2. The zero-order valence-electron chi connectivity index (χ0n) is 12.2. The molecule has 4 heteroatoms. The summed E-state index contributed by atoms with van der Waals surface area (Å²) < 4.78 is 15.7. The van der Waals surface area contributed by atoms with Crippen LogP contribution in [0.3, 0.4) is 0 Å².